The normalized spacial score (nSPS) is 14.3. The zero-order valence-corrected chi connectivity index (χ0v) is 14.0. The van der Waals surface area contributed by atoms with Gasteiger partial charge >= 0.3 is 0 Å². The van der Waals surface area contributed by atoms with Crippen molar-refractivity contribution in [3.63, 3.8) is 0 Å². The van der Waals surface area contributed by atoms with Crippen LogP contribution >= 0.6 is 22.9 Å². The van der Waals surface area contributed by atoms with E-state index in [-0.39, 0.29) is 5.91 Å². The monoisotopic (exact) mass is 335 g/mol. The van der Waals surface area contributed by atoms with Crippen LogP contribution in [0.2, 0.25) is 5.02 Å². The van der Waals surface area contributed by atoms with E-state index in [1.54, 1.807) is 11.3 Å². The van der Waals surface area contributed by atoms with Gasteiger partial charge in [0.2, 0.25) is 5.91 Å². The van der Waals surface area contributed by atoms with Crippen molar-refractivity contribution in [2.75, 3.05) is 11.9 Å². The van der Waals surface area contributed by atoms with Crippen molar-refractivity contribution >= 4 is 34.5 Å². The molecule has 2 aromatic rings. The number of nitrogens with one attached hydrogen (secondary N) is 1. The van der Waals surface area contributed by atoms with Gasteiger partial charge in [0, 0.05) is 34.4 Å². The molecule has 1 aliphatic rings. The first-order valence-electron chi connectivity index (χ1n) is 7.29. The highest BCUT2D eigenvalue weighted by Gasteiger charge is 2.30. The Morgan fingerprint density at radius 3 is 2.95 bits per heavy atom. The van der Waals surface area contributed by atoms with E-state index in [1.807, 2.05) is 36.8 Å². The van der Waals surface area contributed by atoms with Crippen LogP contribution in [0.25, 0.3) is 0 Å². The number of hydrogen-bond acceptors (Lipinski definition) is 4. The number of benzene rings is 1. The lowest BCUT2D eigenvalue weighted by Crippen LogP contribution is -2.34. The van der Waals surface area contributed by atoms with E-state index >= 15 is 0 Å². The minimum absolute atomic E-state index is 0.0122. The van der Waals surface area contributed by atoms with Crippen LogP contribution in [0.15, 0.2) is 29.9 Å². The number of thiazole rings is 1. The second-order valence-corrected chi connectivity index (χ2v) is 6.99. The molecule has 116 valence electrons. The molecule has 1 heterocycles. The summed E-state index contributed by atoms with van der Waals surface area (Å²) in [5.74, 6) is 0.0122. The molecule has 3 rings (SSSR count). The average molecular weight is 336 g/mol. The summed E-state index contributed by atoms with van der Waals surface area (Å²) in [5.41, 5.74) is 3.58. The highest BCUT2D eigenvalue weighted by molar-refractivity contribution is 7.09. The highest BCUT2D eigenvalue weighted by Crippen LogP contribution is 2.28. The molecule has 0 aliphatic heterocycles. The molecule has 1 aliphatic carbocycles. The van der Waals surface area contributed by atoms with Crippen molar-refractivity contribution in [1.82, 2.24) is 9.88 Å². The van der Waals surface area contributed by atoms with Gasteiger partial charge in [-0.15, -0.1) is 11.3 Å². The number of anilines is 1. The molecule has 0 bridgehead atoms. The van der Waals surface area contributed by atoms with Crippen LogP contribution in [0.5, 0.6) is 0 Å². The molecular weight excluding hydrogens is 318 g/mol. The van der Waals surface area contributed by atoms with Gasteiger partial charge in [-0.05, 0) is 43.5 Å². The molecule has 1 saturated carbocycles. The van der Waals surface area contributed by atoms with Crippen LogP contribution in [-0.2, 0) is 11.3 Å². The summed E-state index contributed by atoms with van der Waals surface area (Å²) in [6.45, 7) is 3.13. The molecule has 6 heteroatoms. The summed E-state index contributed by atoms with van der Waals surface area (Å²) in [7, 11) is 0. The number of nitrogens with zero attached hydrogens (tertiary/aromatic N) is 2. The number of rotatable bonds is 6. The quantitative estimate of drug-likeness (QED) is 0.875. The predicted octanol–water partition coefficient (Wildman–Crippen LogP) is 3.71. The fraction of sp³-hybridized carbons (Fsp3) is 0.375. The van der Waals surface area contributed by atoms with Crippen LogP contribution in [0.3, 0.4) is 0 Å². The molecule has 1 aromatic heterocycles. The Morgan fingerprint density at radius 2 is 2.32 bits per heavy atom. The SMILES string of the molecule is Cc1cc(NC(=O)CN(Cc2cncs2)C2CC2)ccc1Cl. The number of hydrogen-bond donors (Lipinski definition) is 1. The number of carbonyl (C=O) groups excluding carboxylic acids is 1. The Bertz CT molecular complexity index is 655. The second kappa shape index (κ2) is 6.77. The third kappa shape index (κ3) is 4.06. The van der Waals surface area contributed by atoms with Crippen LogP contribution in [-0.4, -0.2) is 28.4 Å². The van der Waals surface area contributed by atoms with E-state index in [4.69, 9.17) is 11.6 Å². The van der Waals surface area contributed by atoms with Gasteiger partial charge in [-0.25, -0.2) is 0 Å². The molecule has 4 nitrogen and oxygen atoms in total. The maximum atomic E-state index is 12.3. The van der Waals surface area contributed by atoms with E-state index in [2.05, 4.69) is 15.2 Å². The Morgan fingerprint density at radius 1 is 1.50 bits per heavy atom. The predicted molar refractivity (Wildman–Crippen MR) is 90.4 cm³/mol. The molecule has 22 heavy (non-hydrogen) atoms. The fourth-order valence-electron chi connectivity index (χ4n) is 2.38. The molecule has 1 aromatic carbocycles. The van der Waals surface area contributed by atoms with Gasteiger partial charge in [-0.3, -0.25) is 14.7 Å². The van der Waals surface area contributed by atoms with E-state index in [1.165, 1.54) is 17.7 Å². The van der Waals surface area contributed by atoms with Crippen molar-refractivity contribution < 1.29 is 4.79 Å². The third-order valence-electron chi connectivity index (χ3n) is 3.69. The van der Waals surface area contributed by atoms with Gasteiger partial charge in [0.1, 0.15) is 0 Å². The van der Waals surface area contributed by atoms with Gasteiger partial charge < -0.3 is 5.32 Å². The third-order valence-corrected chi connectivity index (χ3v) is 4.88. The highest BCUT2D eigenvalue weighted by atomic mass is 35.5. The van der Waals surface area contributed by atoms with Crippen molar-refractivity contribution in [3.05, 3.63) is 45.4 Å². The van der Waals surface area contributed by atoms with E-state index in [0.29, 0.717) is 17.6 Å². The number of amides is 1. The van der Waals surface area contributed by atoms with Crippen LogP contribution < -0.4 is 5.32 Å². The molecule has 1 fully saturated rings. The van der Waals surface area contributed by atoms with E-state index in [9.17, 15) is 4.79 Å². The largest absolute Gasteiger partial charge is 0.325 e. The Hall–Kier alpha value is -1.43. The maximum absolute atomic E-state index is 12.3. The van der Waals surface area contributed by atoms with Crippen LogP contribution in [0.1, 0.15) is 23.3 Å². The first-order chi connectivity index (χ1) is 10.6. The molecule has 0 atom stereocenters. The Kier molecular flexibility index (Phi) is 4.76. The topological polar surface area (TPSA) is 45.2 Å². The zero-order valence-electron chi connectivity index (χ0n) is 12.4. The molecule has 0 spiro atoms. The van der Waals surface area contributed by atoms with E-state index in [0.717, 1.165) is 17.8 Å². The Labute approximate surface area is 139 Å². The minimum Gasteiger partial charge on any atom is -0.325 e. The fourth-order valence-corrected chi connectivity index (χ4v) is 3.12. The van der Waals surface area contributed by atoms with Crippen LogP contribution in [0.4, 0.5) is 5.69 Å². The van der Waals surface area contributed by atoms with Crippen molar-refractivity contribution in [2.24, 2.45) is 0 Å². The van der Waals surface area contributed by atoms with E-state index < -0.39 is 0 Å². The van der Waals surface area contributed by atoms with Gasteiger partial charge in [0.15, 0.2) is 0 Å². The van der Waals surface area contributed by atoms with Crippen molar-refractivity contribution in [3.8, 4) is 0 Å². The number of carbonyl (C=O) groups is 1. The first-order valence-corrected chi connectivity index (χ1v) is 8.55. The lowest BCUT2D eigenvalue weighted by Gasteiger charge is -2.20. The Balaban J connectivity index is 1.60. The van der Waals surface area contributed by atoms with Gasteiger partial charge in [-0.2, -0.15) is 0 Å². The summed E-state index contributed by atoms with van der Waals surface area (Å²) < 4.78 is 0. The standard InChI is InChI=1S/C16H18ClN3OS/c1-11-6-12(2-5-15(11)17)19-16(21)9-20(13-3-4-13)8-14-7-18-10-22-14/h2,5-7,10,13H,3-4,8-9H2,1H3,(H,19,21). The minimum atomic E-state index is 0.0122. The number of aromatic nitrogens is 1. The summed E-state index contributed by atoms with van der Waals surface area (Å²) in [4.78, 5) is 19.8. The molecule has 1 amide bonds. The van der Waals surface area contributed by atoms with Crippen LogP contribution in [0, 0.1) is 6.92 Å². The lowest BCUT2D eigenvalue weighted by molar-refractivity contribution is -0.117. The van der Waals surface area contributed by atoms with Gasteiger partial charge in [0.25, 0.3) is 0 Å². The summed E-state index contributed by atoms with van der Waals surface area (Å²) >= 11 is 7.64. The van der Waals surface area contributed by atoms with Gasteiger partial charge in [-0.1, -0.05) is 11.6 Å². The number of aryl methyl sites for hydroxylation is 1. The average Bonchev–Trinajstić information content (AvgIpc) is 3.21. The maximum Gasteiger partial charge on any atom is 0.238 e. The lowest BCUT2D eigenvalue weighted by atomic mass is 10.2. The number of halogens is 1. The molecular formula is C16H18ClN3OS. The van der Waals surface area contributed by atoms with Gasteiger partial charge in [0.05, 0.1) is 12.1 Å². The summed E-state index contributed by atoms with van der Waals surface area (Å²) in [6, 6.07) is 6.06. The summed E-state index contributed by atoms with van der Waals surface area (Å²) in [6.07, 6.45) is 4.22. The molecule has 0 saturated heterocycles. The molecule has 0 unspecified atom stereocenters. The zero-order chi connectivity index (χ0) is 15.5. The molecule has 0 radical (unpaired) electrons. The second-order valence-electron chi connectivity index (χ2n) is 5.62. The van der Waals surface area contributed by atoms with Crippen molar-refractivity contribution in [2.45, 2.75) is 32.4 Å². The first kappa shape index (κ1) is 15.5. The smallest absolute Gasteiger partial charge is 0.238 e. The summed E-state index contributed by atoms with van der Waals surface area (Å²) in [5, 5.41) is 3.66. The van der Waals surface area contributed by atoms with Crippen molar-refractivity contribution in [1.29, 1.82) is 0 Å². The molecule has 1 N–H and O–H groups in total.